The molecule has 5 nitrogen and oxygen atoms in total. The number of benzene rings is 2. The van der Waals surface area contributed by atoms with E-state index in [0.29, 0.717) is 11.6 Å². The Hall–Kier alpha value is -2.66. The molecule has 176 valence electrons. The molecule has 33 heavy (non-hydrogen) atoms. The molecule has 2 aromatic carbocycles. The average Bonchev–Trinajstić information content (AvgIpc) is 2.82. The molecule has 0 aromatic heterocycles. The van der Waals surface area contributed by atoms with Crippen LogP contribution in [-0.4, -0.2) is 35.8 Å². The van der Waals surface area contributed by atoms with E-state index < -0.39 is 0 Å². The van der Waals surface area contributed by atoms with Gasteiger partial charge in [-0.15, -0.1) is 0 Å². The van der Waals surface area contributed by atoms with Crippen LogP contribution < -0.4 is 10.6 Å². The van der Waals surface area contributed by atoms with Crippen molar-refractivity contribution in [2.45, 2.75) is 71.4 Å². The SMILES string of the molecule is Cc1cccc(C(=O)Nc2cccc(CN3CCC(C(=O)NC4CCCCC4)CC3)c2)c1C. The summed E-state index contributed by atoms with van der Waals surface area (Å²) in [6, 6.07) is 14.3. The fourth-order valence-corrected chi connectivity index (χ4v) is 5.12. The van der Waals surface area contributed by atoms with Crippen molar-refractivity contribution in [3.8, 4) is 0 Å². The monoisotopic (exact) mass is 447 g/mol. The van der Waals surface area contributed by atoms with Gasteiger partial charge < -0.3 is 10.6 Å². The third kappa shape index (κ3) is 6.23. The van der Waals surface area contributed by atoms with Crippen LogP contribution in [0.4, 0.5) is 5.69 Å². The normalized spacial score (nSPS) is 18.1. The quantitative estimate of drug-likeness (QED) is 0.638. The minimum Gasteiger partial charge on any atom is -0.353 e. The highest BCUT2D eigenvalue weighted by molar-refractivity contribution is 6.05. The van der Waals surface area contributed by atoms with Crippen molar-refractivity contribution in [1.82, 2.24) is 10.2 Å². The predicted octanol–water partition coefficient (Wildman–Crippen LogP) is 5.22. The maximum absolute atomic E-state index is 12.8. The Morgan fingerprint density at radius 3 is 2.42 bits per heavy atom. The average molecular weight is 448 g/mol. The van der Waals surface area contributed by atoms with Gasteiger partial charge in [0.15, 0.2) is 0 Å². The van der Waals surface area contributed by atoms with Crippen molar-refractivity contribution in [3.63, 3.8) is 0 Å². The first-order chi connectivity index (χ1) is 16.0. The van der Waals surface area contributed by atoms with E-state index in [1.165, 1.54) is 24.8 Å². The highest BCUT2D eigenvalue weighted by Crippen LogP contribution is 2.23. The van der Waals surface area contributed by atoms with Gasteiger partial charge in [-0.05, 0) is 87.5 Å². The van der Waals surface area contributed by atoms with E-state index in [0.717, 1.165) is 62.1 Å². The number of likely N-dealkylation sites (tertiary alicyclic amines) is 1. The first-order valence-corrected chi connectivity index (χ1v) is 12.5. The largest absolute Gasteiger partial charge is 0.353 e. The summed E-state index contributed by atoms with van der Waals surface area (Å²) in [4.78, 5) is 27.9. The molecule has 1 saturated heterocycles. The van der Waals surface area contributed by atoms with Crippen LogP contribution in [0.1, 0.15) is 72.0 Å². The number of nitrogens with zero attached hydrogens (tertiary/aromatic N) is 1. The number of rotatable bonds is 6. The maximum Gasteiger partial charge on any atom is 0.255 e. The lowest BCUT2D eigenvalue weighted by atomic mass is 9.92. The zero-order valence-corrected chi connectivity index (χ0v) is 20.0. The lowest BCUT2D eigenvalue weighted by Gasteiger charge is -2.32. The third-order valence-corrected chi connectivity index (χ3v) is 7.35. The van der Waals surface area contributed by atoms with E-state index >= 15 is 0 Å². The van der Waals surface area contributed by atoms with Crippen molar-refractivity contribution in [2.24, 2.45) is 5.92 Å². The van der Waals surface area contributed by atoms with Gasteiger partial charge in [0, 0.05) is 29.8 Å². The number of amides is 2. The lowest BCUT2D eigenvalue weighted by molar-refractivity contribution is -0.127. The van der Waals surface area contributed by atoms with Crippen LogP contribution in [0.25, 0.3) is 0 Å². The molecule has 2 fully saturated rings. The van der Waals surface area contributed by atoms with Crippen molar-refractivity contribution in [1.29, 1.82) is 0 Å². The molecular formula is C28H37N3O2. The summed E-state index contributed by atoms with van der Waals surface area (Å²) in [5, 5.41) is 6.36. The second-order valence-corrected chi connectivity index (χ2v) is 9.80. The van der Waals surface area contributed by atoms with Crippen molar-refractivity contribution in [3.05, 3.63) is 64.7 Å². The Morgan fingerprint density at radius 1 is 0.939 bits per heavy atom. The van der Waals surface area contributed by atoms with Crippen LogP contribution in [0.3, 0.4) is 0 Å². The predicted molar refractivity (Wildman–Crippen MR) is 133 cm³/mol. The van der Waals surface area contributed by atoms with Gasteiger partial charge in [0.2, 0.25) is 5.91 Å². The molecular weight excluding hydrogens is 410 g/mol. The molecule has 1 heterocycles. The molecule has 5 heteroatoms. The summed E-state index contributed by atoms with van der Waals surface area (Å²) in [7, 11) is 0. The molecule has 2 N–H and O–H groups in total. The van der Waals surface area contributed by atoms with Crippen molar-refractivity contribution >= 4 is 17.5 Å². The summed E-state index contributed by atoms with van der Waals surface area (Å²) < 4.78 is 0. The van der Waals surface area contributed by atoms with Gasteiger partial charge in [0.05, 0.1) is 0 Å². The number of nitrogens with one attached hydrogen (secondary N) is 2. The minimum absolute atomic E-state index is 0.0712. The molecule has 0 atom stereocenters. The molecule has 1 saturated carbocycles. The number of anilines is 1. The number of hydrogen-bond acceptors (Lipinski definition) is 3. The van der Waals surface area contributed by atoms with Crippen LogP contribution in [0, 0.1) is 19.8 Å². The summed E-state index contributed by atoms with van der Waals surface area (Å²) in [6.45, 7) is 6.71. The number of piperidine rings is 1. The number of hydrogen-bond donors (Lipinski definition) is 2. The van der Waals surface area contributed by atoms with Gasteiger partial charge in [-0.3, -0.25) is 14.5 Å². The van der Waals surface area contributed by atoms with Crippen LogP contribution in [0.5, 0.6) is 0 Å². The molecule has 2 aliphatic rings. The summed E-state index contributed by atoms with van der Waals surface area (Å²) in [5.41, 5.74) is 4.85. The third-order valence-electron chi connectivity index (χ3n) is 7.35. The topological polar surface area (TPSA) is 61.4 Å². The van der Waals surface area contributed by atoms with Crippen molar-refractivity contribution in [2.75, 3.05) is 18.4 Å². The van der Waals surface area contributed by atoms with E-state index in [4.69, 9.17) is 0 Å². The van der Waals surface area contributed by atoms with E-state index in [2.05, 4.69) is 27.7 Å². The lowest BCUT2D eigenvalue weighted by Crippen LogP contribution is -2.44. The summed E-state index contributed by atoms with van der Waals surface area (Å²) >= 11 is 0. The van der Waals surface area contributed by atoms with Gasteiger partial charge in [-0.2, -0.15) is 0 Å². The van der Waals surface area contributed by atoms with Gasteiger partial charge in [0.1, 0.15) is 0 Å². The molecule has 0 bridgehead atoms. The van der Waals surface area contributed by atoms with Crippen LogP contribution >= 0.6 is 0 Å². The van der Waals surface area contributed by atoms with Gasteiger partial charge in [-0.25, -0.2) is 0 Å². The molecule has 1 aliphatic heterocycles. The van der Waals surface area contributed by atoms with Gasteiger partial charge >= 0.3 is 0 Å². The van der Waals surface area contributed by atoms with E-state index in [9.17, 15) is 9.59 Å². The molecule has 2 aromatic rings. The van der Waals surface area contributed by atoms with E-state index in [1.807, 2.05) is 44.2 Å². The van der Waals surface area contributed by atoms with Crippen molar-refractivity contribution < 1.29 is 9.59 Å². The molecule has 1 aliphatic carbocycles. The standard InChI is InChI=1S/C28H37N3O2/c1-20-8-6-13-26(21(20)2)28(33)30-25-12-7-9-22(18-25)19-31-16-14-23(15-17-31)27(32)29-24-10-4-3-5-11-24/h6-9,12-13,18,23-24H,3-5,10-11,14-17,19H2,1-2H3,(H,29,32)(H,30,33). The Labute approximate surface area is 197 Å². The zero-order chi connectivity index (χ0) is 23.2. The second-order valence-electron chi connectivity index (χ2n) is 9.80. The Balaban J connectivity index is 1.28. The molecule has 2 amide bonds. The molecule has 0 radical (unpaired) electrons. The number of carbonyl (C=O) groups excluding carboxylic acids is 2. The molecule has 0 unspecified atom stereocenters. The second kappa shape index (κ2) is 11.0. The van der Waals surface area contributed by atoms with Gasteiger partial charge in [0.25, 0.3) is 5.91 Å². The fourth-order valence-electron chi connectivity index (χ4n) is 5.12. The Bertz CT molecular complexity index is 973. The Kier molecular flexibility index (Phi) is 7.81. The highest BCUT2D eigenvalue weighted by Gasteiger charge is 2.27. The fraction of sp³-hybridized carbons (Fsp3) is 0.500. The van der Waals surface area contributed by atoms with E-state index in [-0.39, 0.29) is 17.7 Å². The first-order valence-electron chi connectivity index (χ1n) is 12.5. The zero-order valence-electron chi connectivity index (χ0n) is 20.0. The number of carbonyl (C=O) groups is 2. The summed E-state index contributed by atoms with van der Waals surface area (Å²) in [6.07, 6.45) is 7.91. The Morgan fingerprint density at radius 2 is 1.67 bits per heavy atom. The molecule has 0 spiro atoms. The van der Waals surface area contributed by atoms with Gasteiger partial charge in [-0.1, -0.05) is 43.5 Å². The van der Waals surface area contributed by atoms with Crippen LogP contribution in [0.15, 0.2) is 42.5 Å². The highest BCUT2D eigenvalue weighted by atomic mass is 16.2. The number of aryl methyl sites for hydroxylation is 1. The van der Waals surface area contributed by atoms with Crippen LogP contribution in [-0.2, 0) is 11.3 Å². The molecule has 4 rings (SSSR count). The maximum atomic E-state index is 12.8. The van der Waals surface area contributed by atoms with Crippen LogP contribution in [0.2, 0.25) is 0 Å². The summed E-state index contributed by atoms with van der Waals surface area (Å²) in [5.74, 6) is 0.335. The minimum atomic E-state index is -0.0712. The van der Waals surface area contributed by atoms with E-state index in [1.54, 1.807) is 0 Å². The first kappa shape index (κ1) is 23.5. The smallest absolute Gasteiger partial charge is 0.255 e.